The van der Waals surface area contributed by atoms with E-state index in [9.17, 15) is 14.4 Å². The van der Waals surface area contributed by atoms with Crippen LogP contribution in [0.5, 0.6) is 5.75 Å². The maximum absolute atomic E-state index is 13.9. The average molecular weight is 626 g/mol. The molecular weight excluding hydrogens is 584 g/mol. The fraction of sp³-hybridized carbons (Fsp3) is 0.469. The lowest BCUT2D eigenvalue weighted by Gasteiger charge is -2.34. The monoisotopic (exact) mass is 624 g/mol. The predicted molar refractivity (Wildman–Crippen MR) is 164 cm³/mol. The van der Waals surface area contributed by atoms with Crippen molar-refractivity contribution < 1.29 is 19.1 Å². The van der Waals surface area contributed by atoms with Crippen molar-refractivity contribution in [2.75, 3.05) is 19.7 Å². The Labute approximate surface area is 251 Å². The van der Waals surface area contributed by atoms with Crippen LogP contribution in [0, 0.1) is 5.92 Å². The molecule has 2 aromatic carbocycles. The van der Waals surface area contributed by atoms with Crippen molar-refractivity contribution in [3.05, 3.63) is 70.2 Å². The van der Waals surface area contributed by atoms with E-state index in [1.807, 2.05) is 74.5 Å². The van der Waals surface area contributed by atoms with Crippen LogP contribution in [0.1, 0.15) is 57.1 Å². The third-order valence-corrected chi connectivity index (χ3v) is 8.53. The van der Waals surface area contributed by atoms with Gasteiger partial charge in [-0.05, 0) is 42.5 Å². The minimum absolute atomic E-state index is 0.0485. The molecule has 9 heteroatoms. The molecule has 2 aromatic rings. The molecule has 41 heavy (non-hydrogen) atoms. The highest BCUT2D eigenvalue weighted by Gasteiger charge is 2.45. The van der Waals surface area contributed by atoms with Crippen molar-refractivity contribution in [2.45, 2.75) is 70.0 Å². The zero-order chi connectivity index (χ0) is 29.2. The van der Waals surface area contributed by atoms with Gasteiger partial charge in [0.2, 0.25) is 17.7 Å². The molecular formula is C32H41BrN4O4. The lowest BCUT2D eigenvalue weighted by atomic mass is 9.92. The minimum atomic E-state index is -1.05. The normalized spacial score (nSPS) is 23.6. The molecule has 8 nitrogen and oxygen atoms in total. The van der Waals surface area contributed by atoms with Crippen LogP contribution in [0.15, 0.2) is 59.1 Å². The van der Waals surface area contributed by atoms with Crippen LogP contribution in [0.25, 0.3) is 6.08 Å². The number of ether oxygens (including phenoxy) is 1. The summed E-state index contributed by atoms with van der Waals surface area (Å²) in [6.45, 7) is 5.23. The first-order valence-electron chi connectivity index (χ1n) is 14.6. The maximum atomic E-state index is 13.9. The van der Waals surface area contributed by atoms with Gasteiger partial charge in [-0.15, -0.1) is 0 Å². The van der Waals surface area contributed by atoms with E-state index < -0.39 is 17.6 Å². The smallest absolute Gasteiger partial charge is 0.246 e. The number of hydrogen-bond acceptors (Lipinski definition) is 5. The largest absolute Gasteiger partial charge is 0.492 e. The summed E-state index contributed by atoms with van der Waals surface area (Å²) >= 11 is 3.50. The molecule has 0 radical (unpaired) electrons. The van der Waals surface area contributed by atoms with Gasteiger partial charge in [-0.2, -0.15) is 0 Å². The summed E-state index contributed by atoms with van der Waals surface area (Å²) in [6.07, 6.45) is 7.63. The van der Waals surface area contributed by atoms with E-state index in [4.69, 9.17) is 4.74 Å². The third-order valence-electron chi connectivity index (χ3n) is 8.03. The summed E-state index contributed by atoms with van der Waals surface area (Å²) in [5.41, 5.74) is 0.747. The number of fused-ring (bicyclic) bond motifs is 1. The Morgan fingerprint density at radius 2 is 1.83 bits per heavy atom. The van der Waals surface area contributed by atoms with Crippen LogP contribution in [0.3, 0.4) is 0 Å². The van der Waals surface area contributed by atoms with Crippen molar-refractivity contribution in [1.29, 1.82) is 0 Å². The fourth-order valence-corrected chi connectivity index (χ4v) is 5.93. The van der Waals surface area contributed by atoms with Crippen molar-refractivity contribution in [3.63, 3.8) is 0 Å². The van der Waals surface area contributed by atoms with Crippen LogP contribution in [-0.4, -0.2) is 55.0 Å². The number of halogens is 1. The highest BCUT2D eigenvalue weighted by atomic mass is 79.9. The van der Waals surface area contributed by atoms with Gasteiger partial charge >= 0.3 is 0 Å². The van der Waals surface area contributed by atoms with E-state index in [0.29, 0.717) is 32.4 Å². The van der Waals surface area contributed by atoms with Gasteiger partial charge in [0.25, 0.3) is 0 Å². The van der Waals surface area contributed by atoms with Crippen molar-refractivity contribution in [3.8, 4) is 5.75 Å². The minimum Gasteiger partial charge on any atom is -0.492 e. The summed E-state index contributed by atoms with van der Waals surface area (Å²) < 4.78 is 6.95. The molecule has 1 aliphatic carbocycles. The Kier molecular flexibility index (Phi) is 11.0. The van der Waals surface area contributed by atoms with Gasteiger partial charge in [-0.25, -0.2) is 0 Å². The zero-order valence-corrected chi connectivity index (χ0v) is 25.5. The van der Waals surface area contributed by atoms with Gasteiger partial charge in [0.1, 0.15) is 23.9 Å². The molecule has 220 valence electrons. The van der Waals surface area contributed by atoms with Gasteiger partial charge in [-0.1, -0.05) is 91.5 Å². The standard InChI is InChI=1S/C32H41BrN4O4/c1-3-22(2)28-30(39)37-32(15-6-7-16-32)31(40)36-26(21-23-10-8-13-25(33)20-23)29(38)35-17-9-12-24-11-4-5-14-27(24)41-19-18-34-28/h4-5,8-14,20,22,26,28,34H,3,6-7,15-19,21H2,1-2H3,(H,35,38)(H,36,40)(H,37,39)/b12-9-/t22-,26-,28-/m0/s1. The predicted octanol–water partition coefficient (Wildman–Crippen LogP) is 4.13. The van der Waals surface area contributed by atoms with Crippen LogP contribution in [0.4, 0.5) is 0 Å². The zero-order valence-electron chi connectivity index (χ0n) is 23.9. The second-order valence-electron chi connectivity index (χ2n) is 11.0. The SMILES string of the molecule is CC[C@H](C)[C@@H]1NCCOc2ccccc2/C=C\CNC(=O)[C@H](Cc2cccc(Br)c2)NC(=O)C2(CCCC2)NC1=O. The van der Waals surface area contributed by atoms with Crippen LogP contribution < -0.4 is 26.0 Å². The lowest BCUT2D eigenvalue weighted by Crippen LogP contribution is -2.64. The van der Waals surface area contributed by atoms with E-state index in [-0.39, 0.29) is 30.2 Å². The Morgan fingerprint density at radius 3 is 2.59 bits per heavy atom. The van der Waals surface area contributed by atoms with Gasteiger partial charge in [-0.3, -0.25) is 14.4 Å². The quantitative estimate of drug-likeness (QED) is 0.409. The Hall–Kier alpha value is -3.17. The maximum Gasteiger partial charge on any atom is 0.246 e. The molecule has 0 aromatic heterocycles. The average Bonchev–Trinajstić information content (AvgIpc) is 3.44. The van der Waals surface area contributed by atoms with E-state index in [1.54, 1.807) is 0 Å². The number of carbonyl (C=O) groups is 3. The molecule has 0 bridgehead atoms. The van der Waals surface area contributed by atoms with Gasteiger partial charge in [0, 0.05) is 29.5 Å². The molecule has 1 spiro atoms. The molecule has 1 fully saturated rings. The summed E-state index contributed by atoms with van der Waals surface area (Å²) in [5, 5.41) is 12.5. The van der Waals surface area contributed by atoms with Gasteiger partial charge in [0.05, 0.1) is 6.04 Å². The number of carbonyl (C=O) groups excluding carboxylic acids is 3. The Bertz CT molecular complexity index is 1240. The molecule has 3 atom stereocenters. The molecule has 0 unspecified atom stereocenters. The van der Waals surface area contributed by atoms with Crippen LogP contribution in [-0.2, 0) is 20.8 Å². The molecule has 1 aliphatic heterocycles. The van der Waals surface area contributed by atoms with Gasteiger partial charge in [0.15, 0.2) is 0 Å². The first-order valence-corrected chi connectivity index (χ1v) is 15.4. The summed E-state index contributed by atoms with van der Waals surface area (Å²) in [5.74, 6) is -0.0176. The highest BCUT2D eigenvalue weighted by molar-refractivity contribution is 9.10. The summed E-state index contributed by atoms with van der Waals surface area (Å²) in [7, 11) is 0. The summed E-state index contributed by atoms with van der Waals surface area (Å²) in [6, 6.07) is 14.1. The first kappa shape index (κ1) is 30.8. The highest BCUT2D eigenvalue weighted by Crippen LogP contribution is 2.31. The van der Waals surface area contributed by atoms with E-state index in [1.165, 1.54) is 0 Å². The first-order chi connectivity index (χ1) is 19.8. The van der Waals surface area contributed by atoms with Crippen LogP contribution >= 0.6 is 15.9 Å². The second kappa shape index (κ2) is 14.6. The number of nitrogens with one attached hydrogen (secondary N) is 4. The molecule has 1 saturated carbocycles. The molecule has 4 rings (SSSR count). The van der Waals surface area contributed by atoms with E-state index in [2.05, 4.69) is 37.2 Å². The Morgan fingerprint density at radius 1 is 1.05 bits per heavy atom. The van der Waals surface area contributed by atoms with Crippen molar-refractivity contribution in [1.82, 2.24) is 21.3 Å². The van der Waals surface area contributed by atoms with E-state index in [0.717, 1.165) is 40.6 Å². The molecule has 0 saturated heterocycles. The number of hydrogen-bond donors (Lipinski definition) is 4. The number of amides is 3. The molecule has 1 heterocycles. The number of para-hydroxylation sites is 1. The molecule has 4 N–H and O–H groups in total. The van der Waals surface area contributed by atoms with Crippen LogP contribution in [0.2, 0.25) is 0 Å². The van der Waals surface area contributed by atoms with Gasteiger partial charge < -0.3 is 26.0 Å². The third kappa shape index (κ3) is 8.20. The fourth-order valence-electron chi connectivity index (χ4n) is 5.49. The second-order valence-corrected chi connectivity index (χ2v) is 11.9. The Balaban J connectivity index is 1.64. The topological polar surface area (TPSA) is 109 Å². The van der Waals surface area contributed by atoms with E-state index >= 15 is 0 Å². The molecule has 2 aliphatic rings. The van der Waals surface area contributed by atoms with Crippen molar-refractivity contribution >= 4 is 39.7 Å². The summed E-state index contributed by atoms with van der Waals surface area (Å²) in [4.78, 5) is 41.0. The lowest BCUT2D eigenvalue weighted by molar-refractivity contribution is -0.137. The number of rotatable bonds is 4. The van der Waals surface area contributed by atoms with Crippen molar-refractivity contribution in [2.24, 2.45) is 5.92 Å². The molecule has 3 amide bonds. The number of benzene rings is 2.